The summed E-state index contributed by atoms with van der Waals surface area (Å²) in [4.78, 5) is 3.84. The second-order valence-electron chi connectivity index (χ2n) is 3.72. The fourth-order valence-corrected chi connectivity index (χ4v) is 2.62. The van der Waals surface area contributed by atoms with Crippen molar-refractivity contribution >= 4 is 40.7 Å². The lowest BCUT2D eigenvalue weighted by Crippen LogP contribution is -1.81. The summed E-state index contributed by atoms with van der Waals surface area (Å²) in [5.41, 5.74) is 10.0. The number of halogens is 2. The Balaban J connectivity index is 2.01. The largest absolute Gasteiger partial charge is 0.121 e. The van der Waals surface area contributed by atoms with E-state index in [1.54, 1.807) is 30.0 Å². The van der Waals surface area contributed by atoms with Crippen LogP contribution in [-0.4, -0.2) is 0 Å². The quantitative estimate of drug-likeness (QED) is 0.286. The molecule has 0 saturated carbocycles. The van der Waals surface area contributed by atoms with Crippen LogP contribution < -0.4 is 0 Å². The fraction of sp³-hybridized carbons (Fsp3) is 0.0769. The highest BCUT2D eigenvalue weighted by atomic mass is 35.5. The summed E-state index contributed by atoms with van der Waals surface area (Å²) in [5, 5.41) is 4.66. The average Bonchev–Trinajstić information content (AvgIpc) is 2.42. The molecule has 96 valence electrons. The molecular formula is C13H9Cl2N3S. The number of azide groups is 1. The summed E-state index contributed by atoms with van der Waals surface area (Å²) in [6.45, 7) is 0. The number of thioether (sulfide) groups is 1. The molecule has 2 rings (SSSR count). The Hall–Kier alpha value is -1.32. The molecular weight excluding hydrogens is 301 g/mol. The predicted molar refractivity (Wildman–Crippen MR) is 81.3 cm³/mol. The fourth-order valence-electron chi connectivity index (χ4n) is 1.46. The van der Waals surface area contributed by atoms with Crippen molar-refractivity contribution in [1.82, 2.24) is 0 Å². The summed E-state index contributed by atoms with van der Waals surface area (Å²) in [7, 11) is 0. The van der Waals surface area contributed by atoms with Gasteiger partial charge in [0.05, 0.1) is 10.0 Å². The summed E-state index contributed by atoms with van der Waals surface area (Å²) in [6, 6.07) is 13.0. The van der Waals surface area contributed by atoms with E-state index in [2.05, 4.69) is 10.0 Å². The number of benzene rings is 2. The standard InChI is InChI=1S/C13H9Cl2N3S/c14-12-6-1-9(7-13(12)15)8-19-11-4-2-10(3-5-11)17-18-16/h1-7H,8H2. The molecule has 0 aliphatic heterocycles. The van der Waals surface area contributed by atoms with Crippen LogP contribution in [0.3, 0.4) is 0 Å². The van der Waals surface area contributed by atoms with Gasteiger partial charge in [0.25, 0.3) is 0 Å². The maximum atomic E-state index is 8.32. The van der Waals surface area contributed by atoms with Crippen molar-refractivity contribution in [3.63, 3.8) is 0 Å². The average molecular weight is 310 g/mol. The van der Waals surface area contributed by atoms with Crippen molar-refractivity contribution in [2.75, 3.05) is 0 Å². The lowest BCUT2D eigenvalue weighted by atomic mass is 10.2. The zero-order valence-corrected chi connectivity index (χ0v) is 12.1. The molecule has 6 heteroatoms. The molecule has 2 aromatic carbocycles. The minimum absolute atomic E-state index is 0.564. The van der Waals surface area contributed by atoms with Crippen LogP contribution in [0, 0.1) is 0 Å². The predicted octanol–water partition coefficient (Wildman–Crippen LogP) is 6.23. The lowest BCUT2D eigenvalue weighted by Gasteiger charge is -2.04. The first-order valence-corrected chi connectivity index (χ1v) is 7.15. The minimum Gasteiger partial charge on any atom is -0.121 e. The molecule has 0 radical (unpaired) electrons. The Morgan fingerprint density at radius 2 is 1.79 bits per heavy atom. The van der Waals surface area contributed by atoms with Crippen LogP contribution in [0.4, 0.5) is 5.69 Å². The molecule has 0 fully saturated rings. The number of hydrogen-bond acceptors (Lipinski definition) is 2. The van der Waals surface area contributed by atoms with Crippen molar-refractivity contribution < 1.29 is 0 Å². The molecule has 0 aliphatic rings. The van der Waals surface area contributed by atoms with Crippen LogP contribution in [0.2, 0.25) is 10.0 Å². The highest BCUT2D eigenvalue weighted by Gasteiger charge is 2.01. The molecule has 0 amide bonds. The Bertz CT molecular complexity index is 622. The molecule has 2 aromatic rings. The van der Waals surface area contributed by atoms with Gasteiger partial charge in [0, 0.05) is 21.2 Å². The maximum Gasteiger partial charge on any atom is 0.0595 e. The van der Waals surface area contributed by atoms with Crippen molar-refractivity contribution in [2.24, 2.45) is 5.11 Å². The highest BCUT2D eigenvalue weighted by molar-refractivity contribution is 7.98. The molecule has 0 spiro atoms. The van der Waals surface area contributed by atoms with Crippen LogP contribution in [0.5, 0.6) is 0 Å². The molecule has 0 heterocycles. The Kier molecular flexibility index (Phi) is 5.00. The van der Waals surface area contributed by atoms with Crippen LogP contribution in [0.25, 0.3) is 10.4 Å². The van der Waals surface area contributed by atoms with Crippen molar-refractivity contribution in [1.29, 1.82) is 0 Å². The molecule has 19 heavy (non-hydrogen) atoms. The summed E-state index contributed by atoms with van der Waals surface area (Å²) in [6.07, 6.45) is 0. The third kappa shape index (κ3) is 4.08. The van der Waals surface area contributed by atoms with Gasteiger partial charge < -0.3 is 0 Å². The van der Waals surface area contributed by atoms with Gasteiger partial charge in [0.1, 0.15) is 0 Å². The van der Waals surface area contributed by atoms with Crippen molar-refractivity contribution in [3.8, 4) is 0 Å². The van der Waals surface area contributed by atoms with Gasteiger partial charge in [0.2, 0.25) is 0 Å². The topological polar surface area (TPSA) is 48.8 Å². The van der Waals surface area contributed by atoms with Crippen LogP contribution in [0.15, 0.2) is 52.5 Å². The molecule has 0 N–H and O–H groups in total. The first-order valence-electron chi connectivity index (χ1n) is 5.41. The molecule has 3 nitrogen and oxygen atoms in total. The third-order valence-electron chi connectivity index (χ3n) is 2.39. The zero-order valence-electron chi connectivity index (χ0n) is 9.75. The van der Waals surface area contributed by atoms with Gasteiger partial charge in [-0.1, -0.05) is 46.5 Å². The summed E-state index contributed by atoms with van der Waals surface area (Å²) in [5.74, 6) is 0.803. The van der Waals surface area contributed by atoms with Crippen LogP contribution in [-0.2, 0) is 5.75 Å². The SMILES string of the molecule is [N-]=[N+]=Nc1ccc(SCc2ccc(Cl)c(Cl)c2)cc1. The van der Waals surface area contributed by atoms with Gasteiger partial charge in [-0.25, -0.2) is 0 Å². The summed E-state index contributed by atoms with van der Waals surface area (Å²) < 4.78 is 0. The van der Waals surface area contributed by atoms with Gasteiger partial charge in [-0.15, -0.1) is 11.8 Å². The van der Waals surface area contributed by atoms with E-state index in [4.69, 9.17) is 28.7 Å². The number of rotatable bonds is 4. The molecule has 0 saturated heterocycles. The maximum absolute atomic E-state index is 8.32. The highest BCUT2D eigenvalue weighted by Crippen LogP contribution is 2.28. The lowest BCUT2D eigenvalue weighted by molar-refractivity contribution is 1.36. The van der Waals surface area contributed by atoms with Gasteiger partial charge in [-0.3, -0.25) is 0 Å². The van der Waals surface area contributed by atoms with Gasteiger partial charge in [-0.05, 0) is 35.4 Å². The van der Waals surface area contributed by atoms with E-state index in [-0.39, 0.29) is 0 Å². The number of nitrogens with zero attached hydrogens (tertiary/aromatic N) is 3. The molecule has 0 unspecified atom stereocenters. The second-order valence-corrected chi connectivity index (χ2v) is 5.58. The monoisotopic (exact) mass is 309 g/mol. The Morgan fingerprint density at radius 3 is 2.42 bits per heavy atom. The number of hydrogen-bond donors (Lipinski definition) is 0. The van der Waals surface area contributed by atoms with E-state index in [0.717, 1.165) is 16.2 Å². The van der Waals surface area contributed by atoms with Crippen LogP contribution in [0.1, 0.15) is 5.56 Å². The van der Waals surface area contributed by atoms with Gasteiger partial charge in [0.15, 0.2) is 0 Å². The molecule has 0 atom stereocenters. The van der Waals surface area contributed by atoms with E-state index in [0.29, 0.717) is 15.7 Å². The second kappa shape index (κ2) is 6.73. The van der Waals surface area contributed by atoms with E-state index >= 15 is 0 Å². The third-order valence-corrected chi connectivity index (χ3v) is 4.21. The van der Waals surface area contributed by atoms with E-state index < -0.39 is 0 Å². The van der Waals surface area contributed by atoms with E-state index in [9.17, 15) is 0 Å². The van der Waals surface area contributed by atoms with E-state index in [1.807, 2.05) is 24.3 Å². The Labute approximate surface area is 125 Å². The first-order chi connectivity index (χ1) is 9.19. The molecule has 0 aliphatic carbocycles. The van der Waals surface area contributed by atoms with Gasteiger partial charge in [-0.2, -0.15) is 0 Å². The first kappa shape index (κ1) is 14.1. The minimum atomic E-state index is 0.564. The van der Waals surface area contributed by atoms with Gasteiger partial charge >= 0.3 is 0 Å². The Morgan fingerprint density at radius 1 is 1.05 bits per heavy atom. The zero-order chi connectivity index (χ0) is 13.7. The normalized spacial score (nSPS) is 10.0. The van der Waals surface area contributed by atoms with Crippen molar-refractivity contribution in [2.45, 2.75) is 10.6 Å². The van der Waals surface area contributed by atoms with E-state index in [1.165, 1.54) is 0 Å². The molecule has 0 aromatic heterocycles. The molecule has 0 bridgehead atoms. The van der Waals surface area contributed by atoms with Crippen molar-refractivity contribution in [3.05, 3.63) is 68.5 Å². The van der Waals surface area contributed by atoms with Crippen LogP contribution >= 0.6 is 35.0 Å². The smallest absolute Gasteiger partial charge is 0.0595 e. The summed E-state index contributed by atoms with van der Waals surface area (Å²) >= 11 is 13.5.